The lowest BCUT2D eigenvalue weighted by molar-refractivity contribution is -0.167. The highest BCUT2D eigenvalue weighted by Crippen LogP contribution is 2.11. The Bertz CT molecular complexity index is 1690. The molecule has 0 aliphatic heterocycles. The molecule has 0 bridgehead atoms. The van der Waals surface area contributed by atoms with Crippen molar-refractivity contribution in [3.05, 3.63) is 170 Å². The minimum atomic E-state index is -0.837. The average Bonchev–Trinajstić information content (AvgIpc) is 3.37. The fourth-order valence-corrected chi connectivity index (χ4v) is 6.65. The quantitative estimate of drug-likeness (QED) is 0.0262. The van der Waals surface area contributed by atoms with Gasteiger partial charge in [-0.2, -0.15) is 0 Å². The van der Waals surface area contributed by atoms with E-state index in [9.17, 15) is 14.4 Å². The first-order valence-electron chi connectivity index (χ1n) is 27.6. The van der Waals surface area contributed by atoms with E-state index >= 15 is 0 Å². The Hall–Kier alpha value is -5.23. The van der Waals surface area contributed by atoms with Gasteiger partial charge in [-0.1, -0.05) is 229 Å². The van der Waals surface area contributed by atoms with Crippen LogP contribution in [0.4, 0.5) is 0 Å². The van der Waals surface area contributed by atoms with Crippen molar-refractivity contribution in [2.75, 3.05) is 13.2 Å². The largest absolute Gasteiger partial charge is 0.462 e. The van der Waals surface area contributed by atoms with Crippen LogP contribution in [-0.2, 0) is 28.6 Å². The summed E-state index contributed by atoms with van der Waals surface area (Å²) in [6.45, 7) is 6.24. The molecule has 0 amide bonds. The third-order valence-corrected chi connectivity index (χ3v) is 10.7. The fraction of sp³-hybridized carbons (Fsp3) is 0.523. The van der Waals surface area contributed by atoms with E-state index in [0.29, 0.717) is 19.3 Å². The van der Waals surface area contributed by atoms with E-state index in [1.165, 1.54) is 25.7 Å². The van der Waals surface area contributed by atoms with Gasteiger partial charge >= 0.3 is 17.9 Å². The molecule has 1 atom stereocenters. The van der Waals surface area contributed by atoms with Crippen LogP contribution in [0, 0.1) is 0 Å². The van der Waals surface area contributed by atoms with Crippen molar-refractivity contribution in [1.82, 2.24) is 0 Å². The van der Waals surface area contributed by atoms with Gasteiger partial charge in [-0.25, -0.2) is 0 Å². The Morgan fingerprint density at radius 1 is 0.296 bits per heavy atom. The van der Waals surface area contributed by atoms with Crippen molar-refractivity contribution in [3.8, 4) is 0 Å². The molecule has 0 aromatic carbocycles. The highest BCUT2D eigenvalue weighted by molar-refractivity contribution is 5.71. The summed E-state index contributed by atoms with van der Waals surface area (Å²) in [5.41, 5.74) is 0. The summed E-state index contributed by atoms with van der Waals surface area (Å²) in [6, 6.07) is 0. The van der Waals surface area contributed by atoms with Gasteiger partial charge in [0.15, 0.2) is 6.10 Å². The van der Waals surface area contributed by atoms with Crippen LogP contribution in [0.5, 0.6) is 0 Å². The second-order valence-corrected chi connectivity index (χ2v) is 17.4. The zero-order chi connectivity index (χ0) is 51.4. The minimum Gasteiger partial charge on any atom is -0.462 e. The van der Waals surface area contributed by atoms with Gasteiger partial charge in [-0.15, -0.1) is 0 Å². The van der Waals surface area contributed by atoms with Gasteiger partial charge in [0.1, 0.15) is 13.2 Å². The maximum atomic E-state index is 12.8. The topological polar surface area (TPSA) is 78.9 Å². The van der Waals surface area contributed by atoms with Gasteiger partial charge in [0.05, 0.1) is 0 Å². The summed E-state index contributed by atoms with van der Waals surface area (Å²) in [4.78, 5) is 37.8. The van der Waals surface area contributed by atoms with Crippen LogP contribution < -0.4 is 0 Å². The molecule has 0 N–H and O–H groups in total. The lowest BCUT2D eigenvalue weighted by Crippen LogP contribution is -2.30. The van der Waals surface area contributed by atoms with Gasteiger partial charge in [0.2, 0.25) is 0 Å². The maximum absolute atomic E-state index is 12.8. The Balaban J connectivity index is 4.41. The van der Waals surface area contributed by atoms with Crippen molar-refractivity contribution < 1.29 is 28.6 Å². The molecule has 394 valence electrons. The number of esters is 3. The number of ether oxygens (including phenoxy) is 3. The monoisotopic (exact) mass is 975 g/mol. The number of rotatable bonds is 47. The van der Waals surface area contributed by atoms with Crippen molar-refractivity contribution in [3.63, 3.8) is 0 Å². The van der Waals surface area contributed by atoms with E-state index in [1.807, 2.05) is 0 Å². The molecule has 6 heteroatoms. The second kappa shape index (κ2) is 57.3. The smallest absolute Gasteiger partial charge is 0.306 e. The summed E-state index contributed by atoms with van der Waals surface area (Å²) >= 11 is 0. The number of carbonyl (C=O) groups is 3. The van der Waals surface area contributed by atoms with Crippen molar-refractivity contribution in [1.29, 1.82) is 0 Å². The first kappa shape index (κ1) is 65.8. The average molecular weight is 975 g/mol. The maximum Gasteiger partial charge on any atom is 0.306 e. The third-order valence-electron chi connectivity index (χ3n) is 10.7. The summed E-state index contributed by atoms with van der Waals surface area (Å²) < 4.78 is 16.6. The van der Waals surface area contributed by atoms with Crippen LogP contribution in [-0.4, -0.2) is 37.2 Å². The zero-order valence-electron chi connectivity index (χ0n) is 44.9. The van der Waals surface area contributed by atoms with Crippen LogP contribution in [0.1, 0.15) is 201 Å². The molecule has 0 aromatic heterocycles. The lowest BCUT2D eigenvalue weighted by atomic mass is 10.1. The molecule has 0 saturated heterocycles. The van der Waals surface area contributed by atoms with Crippen molar-refractivity contribution in [2.24, 2.45) is 0 Å². The number of hydrogen-bond acceptors (Lipinski definition) is 6. The Kier molecular flexibility index (Phi) is 53.1. The predicted molar refractivity (Wildman–Crippen MR) is 306 cm³/mol. The SMILES string of the molecule is CC/C=C\C/C=C\C/C=C\C/C=C\C/C=C\C/C=C\C/C=C\C/C=C\C/C=C\CCCC(=O)OCC(COC(=O)CCCCCCCCC)OC(=O)CCC/C=C\C/C=C\C/C=C\C/C=C\C/C=C\CC. The number of unbranched alkanes of at least 4 members (excludes halogenated alkanes) is 8. The van der Waals surface area contributed by atoms with Crippen LogP contribution in [0.3, 0.4) is 0 Å². The third kappa shape index (κ3) is 55.6. The molecule has 0 heterocycles. The van der Waals surface area contributed by atoms with Crippen LogP contribution in [0.15, 0.2) is 170 Å². The molecule has 1 unspecified atom stereocenters. The van der Waals surface area contributed by atoms with E-state index in [-0.39, 0.29) is 38.0 Å². The van der Waals surface area contributed by atoms with Crippen LogP contribution >= 0.6 is 0 Å². The van der Waals surface area contributed by atoms with Crippen molar-refractivity contribution >= 4 is 17.9 Å². The Morgan fingerprint density at radius 2 is 0.549 bits per heavy atom. The zero-order valence-corrected chi connectivity index (χ0v) is 44.9. The van der Waals surface area contributed by atoms with Gasteiger partial charge in [-0.3, -0.25) is 14.4 Å². The van der Waals surface area contributed by atoms with Gasteiger partial charge in [0, 0.05) is 19.3 Å². The first-order valence-corrected chi connectivity index (χ1v) is 27.6. The second-order valence-electron chi connectivity index (χ2n) is 17.4. The molecule has 0 spiro atoms. The Morgan fingerprint density at radius 3 is 0.859 bits per heavy atom. The lowest BCUT2D eigenvalue weighted by Gasteiger charge is -2.18. The summed E-state index contributed by atoms with van der Waals surface area (Å²) in [5.74, 6) is -1.07. The van der Waals surface area contributed by atoms with E-state index in [0.717, 1.165) is 122 Å². The normalized spacial score (nSPS) is 13.5. The van der Waals surface area contributed by atoms with Gasteiger partial charge < -0.3 is 14.2 Å². The molecular formula is C65H98O6. The van der Waals surface area contributed by atoms with E-state index in [1.54, 1.807) is 0 Å². The number of allylic oxidation sites excluding steroid dienone is 28. The standard InChI is InChI=1S/C65H98O6/c1-4-7-10-13-16-18-20-22-24-26-27-28-29-30-31-32-33-34-35-36-37-39-40-42-44-46-49-52-55-58-64(67)70-61-62(60-69-63(66)57-54-51-48-15-12-9-6-3)71-65(68)59-56-53-50-47-45-43-41-38-25-23-21-19-17-14-11-8-5-2/h7-8,10-11,16-19,22-25,27-28,30-31,33-34,36-37,40-43,46-47,49-50,62H,4-6,9,12-15,20-21,26,29,32,35,38-39,44-45,48,51-61H2,1-3H3/b10-7-,11-8-,18-16-,19-17-,24-22-,25-23-,28-27-,31-30-,34-33-,37-36-,42-40-,43-41-,49-46-,50-47-. The van der Waals surface area contributed by atoms with Crippen LogP contribution in [0.25, 0.3) is 0 Å². The van der Waals surface area contributed by atoms with Crippen LogP contribution in [0.2, 0.25) is 0 Å². The van der Waals surface area contributed by atoms with E-state index < -0.39 is 12.1 Å². The van der Waals surface area contributed by atoms with Gasteiger partial charge in [-0.05, 0) is 122 Å². The first-order chi connectivity index (χ1) is 35.0. The molecule has 6 nitrogen and oxygen atoms in total. The van der Waals surface area contributed by atoms with Crippen molar-refractivity contribution in [2.45, 2.75) is 207 Å². The molecule has 0 aromatic rings. The highest BCUT2D eigenvalue weighted by atomic mass is 16.6. The summed E-state index contributed by atoms with van der Waals surface area (Å²) in [5, 5.41) is 0. The van der Waals surface area contributed by atoms with Gasteiger partial charge in [0.25, 0.3) is 0 Å². The van der Waals surface area contributed by atoms with E-state index in [2.05, 4.69) is 191 Å². The molecule has 0 aliphatic carbocycles. The Labute approximate surface area is 434 Å². The molecule has 0 rings (SSSR count). The fourth-order valence-electron chi connectivity index (χ4n) is 6.65. The molecule has 0 radical (unpaired) electrons. The predicted octanol–water partition coefficient (Wildman–Crippen LogP) is 18.8. The number of hydrogen-bond donors (Lipinski definition) is 0. The summed E-state index contributed by atoms with van der Waals surface area (Å²) in [7, 11) is 0. The van der Waals surface area contributed by atoms with E-state index in [4.69, 9.17) is 14.2 Å². The number of carbonyl (C=O) groups excluding carboxylic acids is 3. The molecule has 71 heavy (non-hydrogen) atoms. The molecule has 0 fully saturated rings. The molecule has 0 saturated carbocycles. The molecular weight excluding hydrogens is 877 g/mol. The summed E-state index contributed by atoms with van der Waals surface area (Å²) in [6.07, 6.45) is 85.2. The highest BCUT2D eigenvalue weighted by Gasteiger charge is 2.19. The molecule has 0 aliphatic rings. The minimum absolute atomic E-state index is 0.126.